The number of rotatable bonds is 12. The Balaban J connectivity index is 1.30. The number of benzene rings is 1. The number of amides is 3. The quantitative estimate of drug-likeness (QED) is 0.267. The predicted molar refractivity (Wildman–Crippen MR) is 156 cm³/mol. The van der Waals surface area contributed by atoms with Crippen LogP contribution >= 0.6 is 11.6 Å². The average molecular weight is 568 g/mol. The maximum atomic E-state index is 13.7. The minimum Gasteiger partial charge on any atom is -0.493 e. The third-order valence-electron chi connectivity index (χ3n) is 7.69. The third kappa shape index (κ3) is 6.30. The van der Waals surface area contributed by atoms with E-state index >= 15 is 0 Å². The van der Waals surface area contributed by atoms with E-state index in [1.807, 2.05) is 29.2 Å². The van der Waals surface area contributed by atoms with Gasteiger partial charge in [0, 0.05) is 63.3 Å². The molecule has 2 aromatic heterocycles. The van der Waals surface area contributed by atoms with Crippen LogP contribution in [0.5, 0.6) is 11.5 Å². The number of carbonyl (C=O) groups is 2. The van der Waals surface area contributed by atoms with Crippen molar-refractivity contribution >= 4 is 40.3 Å². The van der Waals surface area contributed by atoms with Crippen molar-refractivity contribution < 1.29 is 19.1 Å². The summed E-state index contributed by atoms with van der Waals surface area (Å²) in [6, 6.07) is 7.50. The third-order valence-corrected chi connectivity index (χ3v) is 7.98. The summed E-state index contributed by atoms with van der Waals surface area (Å²) in [6.07, 6.45) is 10.5. The maximum absolute atomic E-state index is 13.7. The van der Waals surface area contributed by atoms with Crippen LogP contribution in [0.15, 0.2) is 36.7 Å². The first kappa shape index (κ1) is 28.1. The molecule has 2 fully saturated rings. The number of hydrogen-bond donors (Lipinski definition) is 0. The summed E-state index contributed by atoms with van der Waals surface area (Å²) >= 11 is 6.62. The molecule has 3 amide bonds. The van der Waals surface area contributed by atoms with Crippen LogP contribution in [0.2, 0.25) is 5.02 Å². The van der Waals surface area contributed by atoms with E-state index in [-0.39, 0.29) is 18.5 Å². The fraction of sp³-hybridized carbons (Fsp3) is 0.500. The van der Waals surface area contributed by atoms with E-state index in [1.165, 1.54) is 30.6 Å². The molecule has 9 nitrogen and oxygen atoms in total. The van der Waals surface area contributed by atoms with Crippen molar-refractivity contribution in [3.05, 3.63) is 47.2 Å². The molecule has 1 saturated carbocycles. The molecule has 0 atom stereocenters. The lowest BCUT2D eigenvalue weighted by Gasteiger charge is -2.36. The van der Waals surface area contributed by atoms with Crippen molar-refractivity contribution in [2.75, 3.05) is 45.8 Å². The number of ether oxygens (including phenoxy) is 2. The second kappa shape index (κ2) is 12.4. The minimum atomic E-state index is -0.0740. The van der Waals surface area contributed by atoms with Gasteiger partial charge >= 0.3 is 6.03 Å². The number of carbonyl (C=O) groups excluding carboxylic acids is 2. The summed E-state index contributed by atoms with van der Waals surface area (Å²) in [6.45, 7) is 2.42. The van der Waals surface area contributed by atoms with Gasteiger partial charge in [0.1, 0.15) is 12.2 Å². The molecule has 0 unspecified atom stereocenters. The number of hydrogen-bond acceptors (Lipinski definition) is 5. The van der Waals surface area contributed by atoms with Crippen molar-refractivity contribution in [1.29, 1.82) is 0 Å². The molecule has 3 aromatic rings. The van der Waals surface area contributed by atoms with Gasteiger partial charge in [-0.2, -0.15) is 0 Å². The highest BCUT2D eigenvalue weighted by Gasteiger charge is 2.29. The normalized spacial score (nSPS) is 15.6. The lowest BCUT2D eigenvalue weighted by atomic mass is 10.1. The molecule has 3 heterocycles. The number of fused-ring (bicyclic) bond motifs is 1. The zero-order valence-electron chi connectivity index (χ0n) is 23.6. The molecule has 0 bridgehead atoms. The predicted octanol–water partition coefficient (Wildman–Crippen LogP) is 5.58. The minimum absolute atomic E-state index is 0.0521. The molecule has 1 aromatic carbocycles. The van der Waals surface area contributed by atoms with Gasteiger partial charge in [0.15, 0.2) is 11.5 Å². The monoisotopic (exact) mass is 567 g/mol. The molecular formula is C30H38ClN5O4. The summed E-state index contributed by atoms with van der Waals surface area (Å²) in [7, 11) is 5.07. The second-order valence-corrected chi connectivity index (χ2v) is 11.3. The fourth-order valence-electron chi connectivity index (χ4n) is 5.21. The highest BCUT2D eigenvalue weighted by Crippen LogP contribution is 2.36. The van der Waals surface area contributed by atoms with E-state index in [0.717, 1.165) is 35.4 Å². The zero-order valence-corrected chi connectivity index (χ0v) is 24.3. The van der Waals surface area contributed by atoms with Gasteiger partial charge in [-0.25, -0.2) is 9.78 Å². The van der Waals surface area contributed by atoms with Crippen molar-refractivity contribution in [2.24, 2.45) is 5.92 Å². The van der Waals surface area contributed by atoms with Gasteiger partial charge in [0.25, 0.3) is 0 Å². The number of nitrogens with zero attached hydrogens (tertiary/aromatic N) is 5. The van der Waals surface area contributed by atoms with Crippen LogP contribution < -0.4 is 14.4 Å². The molecule has 10 heteroatoms. The van der Waals surface area contributed by atoms with Gasteiger partial charge in [-0.15, -0.1) is 0 Å². The van der Waals surface area contributed by atoms with Crippen molar-refractivity contribution in [3.63, 3.8) is 0 Å². The number of aromatic nitrogens is 2. The van der Waals surface area contributed by atoms with Crippen LogP contribution in [-0.2, 0) is 17.9 Å². The number of unbranched alkanes of at least 4 members (excludes halogenated alkanes) is 1. The van der Waals surface area contributed by atoms with Crippen LogP contribution in [0.25, 0.3) is 11.0 Å². The van der Waals surface area contributed by atoms with Gasteiger partial charge in [-0.1, -0.05) is 30.9 Å². The maximum Gasteiger partial charge on any atom is 0.324 e. The molecule has 0 spiro atoms. The highest BCUT2D eigenvalue weighted by atomic mass is 35.5. The van der Waals surface area contributed by atoms with Gasteiger partial charge in [-0.05, 0) is 48.9 Å². The molecule has 1 aliphatic heterocycles. The molecule has 40 heavy (non-hydrogen) atoms. The first-order valence-corrected chi connectivity index (χ1v) is 14.4. The standard InChI is InChI=1S/C30H38ClN5O4/c1-33(2)27(37)20-35-19-24(31)28-22(12-13-32-29(28)35)18-34-14-6-15-36(30(34)38)23-10-11-25(39-3)26(17-23)40-16-5-4-7-21-8-9-21/h10-13,17,19,21H,4-9,14-16,18,20H2,1-3H3. The van der Waals surface area contributed by atoms with E-state index in [2.05, 4.69) is 4.98 Å². The largest absolute Gasteiger partial charge is 0.493 e. The van der Waals surface area contributed by atoms with E-state index in [1.54, 1.807) is 43.1 Å². The smallest absolute Gasteiger partial charge is 0.324 e. The van der Waals surface area contributed by atoms with Crippen LogP contribution in [0.3, 0.4) is 0 Å². The van der Waals surface area contributed by atoms with Crippen molar-refractivity contribution in [1.82, 2.24) is 19.4 Å². The number of urea groups is 1. The Morgan fingerprint density at radius 1 is 1.15 bits per heavy atom. The Kier molecular flexibility index (Phi) is 8.69. The van der Waals surface area contributed by atoms with E-state index in [0.29, 0.717) is 48.4 Å². The molecular weight excluding hydrogens is 530 g/mol. The summed E-state index contributed by atoms with van der Waals surface area (Å²) in [4.78, 5) is 35.7. The highest BCUT2D eigenvalue weighted by molar-refractivity contribution is 6.35. The number of pyridine rings is 1. The average Bonchev–Trinajstić information content (AvgIpc) is 3.72. The second-order valence-electron chi connectivity index (χ2n) is 10.9. The van der Waals surface area contributed by atoms with E-state index in [4.69, 9.17) is 21.1 Å². The Hall–Kier alpha value is -3.46. The van der Waals surface area contributed by atoms with E-state index < -0.39 is 0 Å². The van der Waals surface area contributed by atoms with Gasteiger partial charge < -0.3 is 23.8 Å². The Bertz CT molecular complexity index is 1370. The lowest BCUT2D eigenvalue weighted by Crippen LogP contribution is -2.49. The Morgan fingerprint density at radius 3 is 2.73 bits per heavy atom. The number of methoxy groups -OCH3 is 1. The van der Waals surface area contributed by atoms with Crippen molar-refractivity contribution in [2.45, 2.75) is 51.6 Å². The molecule has 1 aliphatic carbocycles. The molecule has 2 aliphatic rings. The zero-order chi connectivity index (χ0) is 28.2. The molecule has 214 valence electrons. The van der Waals surface area contributed by atoms with Crippen LogP contribution in [-0.4, -0.2) is 72.2 Å². The number of likely N-dealkylation sites (N-methyl/N-ethyl adjacent to an activating group) is 1. The van der Waals surface area contributed by atoms with E-state index in [9.17, 15) is 9.59 Å². The van der Waals surface area contributed by atoms with Crippen LogP contribution in [0, 0.1) is 5.92 Å². The first-order valence-electron chi connectivity index (χ1n) is 14.1. The van der Waals surface area contributed by atoms with Gasteiger partial charge in [0.05, 0.1) is 18.7 Å². The Labute approximate surface area is 240 Å². The first-order chi connectivity index (χ1) is 19.4. The summed E-state index contributed by atoms with van der Waals surface area (Å²) < 4.78 is 13.4. The van der Waals surface area contributed by atoms with Crippen LogP contribution in [0.1, 0.15) is 44.1 Å². The van der Waals surface area contributed by atoms with Gasteiger partial charge in [-0.3, -0.25) is 9.69 Å². The molecule has 1 saturated heterocycles. The summed E-state index contributed by atoms with van der Waals surface area (Å²) in [5.41, 5.74) is 2.31. The topological polar surface area (TPSA) is 80.1 Å². The molecule has 0 radical (unpaired) electrons. The SMILES string of the molecule is COc1ccc(N2CCCN(Cc3ccnc4c3c(Cl)cn4CC(=O)N(C)C)C2=O)cc1OCCCCC1CC1. The fourth-order valence-corrected chi connectivity index (χ4v) is 5.54. The Morgan fingerprint density at radius 2 is 1.98 bits per heavy atom. The van der Waals surface area contributed by atoms with Gasteiger partial charge in [0.2, 0.25) is 5.91 Å². The van der Waals surface area contributed by atoms with Crippen LogP contribution in [0.4, 0.5) is 10.5 Å². The summed E-state index contributed by atoms with van der Waals surface area (Å²) in [5.74, 6) is 2.20. The molecule has 5 rings (SSSR count). The molecule has 0 N–H and O–H groups in total. The number of halogens is 1. The lowest BCUT2D eigenvalue weighted by molar-refractivity contribution is -0.129. The summed E-state index contributed by atoms with van der Waals surface area (Å²) in [5, 5.41) is 1.28. The van der Waals surface area contributed by atoms with Crippen molar-refractivity contribution in [3.8, 4) is 11.5 Å². The number of anilines is 1.